The quantitative estimate of drug-likeness (QED) is 0.832. The Balaban J connectivity index is 1.87. The van der Waals surface area contributed by atoms with Gasteiger partial charge in [0, 0.05) is 5.56 Å². The van der Waals surface area contributed by atoms with Crippen LogP contribution in [0.15, 0.2) is 36.4 Å². The molecule has 0 aromatic heterocycles. The summed E-state index contributed by atoms with van der Waals surface area (Å²) in [6.07, 6.45) is 3.46. The highest BCUT2D eigenvalue weighted by Crippen LogP contribution is 2.33. The van der Waals surface area contributed by atoms with E-state index in [0.717, 1.165) is 36.8 Å². The molecule has 0 bridgehead atoms. The smallest absolute Gasteiger partial charge is 0.343 e. The highest BCUT2D eigenvalue weighted by molar-refractivity contribution is 6.05. The minimum atomic E-state index is -0.479. The number of rotatable bonds is 5. The van der Waals surface area contributed by atoms with Crippen LogP contribution in [0.4, 0.5) is 10.1 Å². The third-order valence-electron chi connectivity index (χ3n) is 4.43. The summed E-state index contributed by atoms with van der Waals surface area (Å²) in [4.78, 5) is 24.0. The number of carbonyl (C=O) groups is 2. The number of benzene rings is 2. The molecule has 0 saturated carbocycles. The van der Waals surface area contributed by atoms with Crippen molar-refractivity contribution in [3.8, 4) is 5.75 Å². The van der Waals surface area contributed by atoms with E-state index in [2.05, 4.69) is 10.1 Å². The number of nitrogens with one attached hydrogen (secondary N) is 1. The molecule has 0 heterocycles. The molecule has 0 radical (unpaired) electrons. The van der Waals surface area contributed by atoms with Crippen molar-refractivity contribution in [1.82, 2.24) is 0 Å². The molecule has 1 aliphatic carbocycles. The number of halogens is 1. The van der Waals surface area contributed by atoms with Gasteiger partial charge in [0.15, 0.2) is 6.61 Å². The summed E-state index contributed by atoms with van der Waals surface area (Å²) in [5, 5.41) is 2.63. The predicted octanol–water partition coefficient (Wildman–Crippen LogP) is 3.51. The van der Waals surface area contributed by atoms with Crippen LogP contribution in [-0.2, 0) is 22.4 Å². The van der Waals surface area contributed by atoms with Gasteiger partial charge in [-0.15, -0.1) is 0 Å². The molecule has 2 aromatic rings. The second-order valence-electron chi connectivity index (χ2n) is 6.07. The molecule has 5 nitrogen and oxygen atoms in total. The van der Waals surface area contributed by atoms with Crippen molar-refractivity contribution in [3.63, 3.8) is 0 Å². The molecule has 0 atom stereocenters. The first-order valence-corrected chi connectivity index (χ1v) is 8.50. The molecule has 1 N–H and O–H groups in total. The van der Waals surface area contributed by atoms with Crippen LogP contribution < -0.4 is 10.1 Å². The van der Waals surface area contributed by atoms with Gasteiger partial charge in [0.25, 0.3) is 5.91 Å². The lowest BCUT2D eigenvalue weighted by Gasteiger charge is -2.22. The van der Waals surface area contributed by atoms with Crippen LogP contribution in [0.2, 0.25) is 0 Å². The van der Waals surface area contributed by atoms with E-state index in [-0.39, 0.29) is 18.2 Å². The summed E-state index contributed by atoms with van der Waals surface area (Å²) in [7, 11) is 1.30. The van der Waals surface area contributed by atoms with Crippen molar-refractivity contribution in [2.24, 2.45) is 0 Å². The van der Waals surface area contributed by atoms with Crippen molar-refractivity contribution >= 4 is 17.6 Å². The molecule has 3 rings (SSSR count). The monoisotopic (exact) mass is 357 g/mol. The third-order valence-corrected chi connectivity index (χ3v) is 4.43. The summed E-state index contributed by atoms with van der Waals surface area (Å²) < 4.78 is 24.0. The number of hydrogen-bond donors (Lipinski definition) is 1. The fraction of sp³-hybridized carbons (Fsp3) is 0.300. The Kier molecular flexibility index (Phi) is 5.51. The summed E-state index contributed by atoms with van der Waals surface area (Å²) >= 11 is 0. The molecule has 2 aromatic carbocycles. The molecule has 0 spiro atoms. The maximum absolute atomic E-state index is 13.8. The largest absolute Gasteiger partial charge is 0.482 e. The molecule has 136 valence electrons. The van der Waals surface area contributed by atoms with Gasteiger partial charge in [-0.1, -0.05) is 12.1 Å². The lowest BCUT2D eigenvalue weighted by molar-refractivity contribution is -0.142. The number of para-hydroxylation sites is 1. The Morgan fingerprint density at radius 2 is 1.81 bits per heavy atom. The zero-order valence-corrected chi connectivity index (χ0v) is 14.5. The number of fused-ring (bicyclic) bond motifs is 1. The van der Waals surface area contributed by atoms with E-state index >= 15 is 0 Å². The van der Waals surface area contributed by atoms with Crippen molar-refractivity contribution in [2.45, 2.75) is 25.7 Å². The summed E-state index contributed by atoms with van der Waals surface area (Å²) in [6.45, 7) is -0.177. The predicted molar refractivity (Wildman–Crippen MR) is 94.9 cm³/mol. The standard InChI is InChI=1S/C20H20FNO4/c1-25-19(23)12-26-18-11-10-15(13-6-2-3-7-14(13)18)20(24)22-17-9-5-4-8-16(17)21/h4-5,8-11H,2-3,6-7,12H2,1H3,(H,22,24). The zero-order chi connectivity index (χ0) is 18.5. The third kappa shape index (κ3) is 3.85. The normalized spacial score (nSPS) is 12.8. The lowest BCUT2D eigenvalue weighted by Crippen LogP contribution is -2.19. The first-order chi connectivity index (χ1) is 12.6. The molecule has 0 fully saturated rings. The maximum atomic E-state index is 13.8. The maximum Gasteiger partial charge on any atom is 0.343 e. The molecule has 6 heteroatoms. The molecule has 1 amide bonds. The van der Waals surface area contributed by atoms with Crippen LogP contribution in [-0.4, -0.2) is 25.6 Å². The zero-order valence-electron chi connectivity index (χ0n) is 14.5. The van der Waals surface area contributed by atoms with Gasteiger partial charge in [-0.05, 0) is 61.1 Å². The van der Waals surface area contributed by atoms with E-state index in [1.54, 1.807) is 24.3 Å². The van der Waals surface area contributed by atoms with Crippen LogP contribution in [0.5, 0.6) is 5.75 Å². The van der Waals surface area contributed by atoms with Crippen LogP contribution in [0, 0.1) is 5.82 Å². The van der Waals surface area contributed by atoms with Gasteiger partial charge in [-0.3, -0.25) is 4.79 Å². The van der Waals surface area contributed by atoms with Gasteiger partial charge in [-0.25, -0.2) is 9.18 Å². The molecule has 0 aliphatic heterocycles. The van der Waals surface area contributed by atoms with E-state index in [1.165, 1.54) is 19.2 Å². The Morgan fingerprint density at radius 3 is 2.54 bits per heavy atom. The first kappa shape index (κ1) is 17.9. The Bertz CT molecular complexity index is 835. The molecular formula is C20H20FNO4. The van der Waals surface area contributed by atoms with Gasteiger partial charge in [0.2, 0.25) is 0 Å². The number of esters is 1. The Labute approximate surface area is 151 Å². The van der Waals surface area contributed by atoms with E-state index in [1.807, 2.05) is 0 Å². The molecule has 1 aliphatic rings. The van der Waals surface area contributed by atoms with E-state index in [4.69, 9.17) is 4.74 Å². The second-order valence-corrected chi connectivity index (χ2v) is 6.07. The number of ether oxygens (including phenoxy) is 2. The summed E-state index contributed by atoms with van der Waals surface area (Å²) in [6, 6.07) is 9.40. The summed E-state index contributed by atoms with van der Waals surface area (Å²) in [5.41, 5.74) is 2.48. The average Bonchev–Trinajstić information content (AvgIpc) is 2.67. The number of methoxy groups -OCH3 is 1. The summed E-state index contributed by atoms with van der Waals surface area (Å²) in [5.74, 6) is -0.705. The highest BCUT2D eigenvalue weighted by Gasteiger charge is 2.22. The highest BCUT2D eigenvalue weighted by atomic mass is 19.1. The van der Waals surface area contributed by atoms with Gasteiger partial charge in [-0.2, -0.15) is 0 Å². The molecule has 0 unspecified atom stereocenters. The first-order valence-electron chi connectivity index (χ1n) is 8.50. The lowest BCUT2D eigenvalue weighted by atomic mass is 9.87. The number of amides is 1. The van der Waals surface area contributed by atoms with Crippen molar-refractivity contribution in [2.75, 3.05) is 19.0 Å². The molecule has 0 saturated heterocycles. The van der Waals surface area contributed by atoms with Gasteiger partial charge in [0.1, 0.15) is 11.6 Å². The average molecular weight is 357 g/mol. The van der Waals surface area contributed by atoms with Crippen molar-refractivity contribution in [3.05, 3.63) is 58.9 Å². The van der Waals surface area contributed by atoms with Crippen molar-refractivity contribution < 1.29 is 23.5 Å². The van der Waals surface area contributed by atoms with Gasteiger partial charge < -0.3 is 14.8 Å². The number of carbonyl (C=O) groups excluding carboxylic acids is 2. The molecule has 26 heavy (non-hydrogen) atoms. The number of hydrogen-bond acceptors (Lipinski definition) is 4. The minimum absolute atomic E-state index is 0.146. The van der Waals surface area contributed by atoms with Crippen LogP contribution in [0.3, 0.4) is 0 Å². The van der Waals surface area contributed by atoms with E-state index < -0.39 is 11.8 Å². The Hall–Kier alpha value is -2.89. The van der Waals surface area contributed by atoms with Crippen LogP contribution in [0.25, 0.3) is 0 Å². The Morgan fingerprint density at radius 1 is 1.08 bits per heavy atom. The number of anilines is 1. The van der Waals surface area contributed by atoms with Gasteiger partial charge >= 0.3 is 5.97 Å². The topological polar surface area (TPSA) is 64.6 Å². The minimum Gasteiger partial charge on any atom is -0.482 e. The van der Waals surface area contributed by atoms with Crippen LogP contribution in [0.1, 0.15) is 34.3 Å². The fourth-order valence-corrected chi connectivity index (χ4v) is 3.13. The SMILES string of the molecule is COC(=O)COc1ccc(C(=O)Nc2ccccc2F)c2c1CCCC2. The van der Waals surface area contributed by atoms with Crippen LogP contribution >= 0.6 is 0 Å². The van der Waals surface area contributed by atoms with E-state index in [0.29, 0.717) is 11.3 Å². The van der Waals surface area contributed by atoms with Gasteiger partial charge in [0.05, 0.1) is 12.8 Å². The molecular weight excluding hydrogens is 337 g/mol. The van der Waals surface area contributed by atoms with Crippen molar-refractivity contribution in [1.29, 1.82) is 0 Å². The fourth-order valence-electron chi connectivity index (χ4n) is 3.13. The second kappa shape index (κ2) is 7.99. The van der Waals surface area contributed by atoms with E-state index in [9.17, 15) is 14.0 Å².